The van der Waals surface area contributed by atoms with Gasteiger partial charge in [-0.05, 0) is 18.6 Å². The summed E-state index contributed by atoms with van der Waals surface area (Å²) in [5, 5.41) is 11.0. The van der Waals surface area contributed by atoms with Crippen LogP contribution in [0.3, 0.4) is 0 Å². The van der Waals surface area contributed by atoms with Crippen LogP contribution >= 0.6 is 0 Å². The van der Waals surface area contributed by atoms with Crippen LogP contribution in [0, 0.1) is 11.3 Å². The van der Waals surface area contributed by atoms with Crippen LogP contribution in [-0.2, 0) is 9.47 Å². The second-order valence-corrected chi connectivity index (χ2v) is 4.58. The van der Waals surface area contributed by atoms with E-state index >= 15 is 0 Å². The molecule has 0 N–H and O–H groups in total. The van der Waals surface area contributed by atoms with Crippen molar-refractivity contribution in [3.8, 4) is 11.8 Å². The van der Waals surface area contributed by atoms with Crippen molar-refractivity contribution >= 4 is 10.8 Å². The third-order valence-corrected chi connectivity index (χ3v) is 3.13. The van der Waals surface area contributed by atoms with Crippen LogP contribution in [-0.4, -0.2) is 33.5 Å². The molecule has 0 aromatic heterocycles. The molecular weight excluding hydrogens is 266 g/mol. The molecule has 0 unspecified atom stereocenters. The molecule has 0 aliphatic carbocycles. The Bertz CT molecular complexity index is 619. The van der Waals surface area contributed by atoms with Gasteiger partial charge in [0.1, 0.15) is 12.4 Å². The minimum absolute atomic E-state index is 0.489. The lowest BCUT2D eigenvalue weighted by molar-refractivity contribution is 0.0810. The van der Waals surface area contributed by atoms with E-state index in [9.17, 15) is 0 Å². The number of ether oxygens (including phenoxy) is 3. The lowest BCUT2D eigenvalue weighted by Gasteiger charge is -2.10. The second-order valence-electron chi connectivity index (χ2n) is 4.58. The number of rotatable bonds is 8. The van der Waals surface area contributed by atoms with Crippen molar-refractivity contribution in [3.63, 3.8) is 0 Å². The van der Waals surface area contributed by atoms with Gasteiger partial charge in [0.2, 0.25) is 0 Å². The monoisotopic (exact) mass is 285 g/mol. The van der Waals surface area contributed by atoms with Gasteiger partial charge in [-0.15, -0.1) is 0 Å². The van der Waals surface area contributed by atoms with E-state index in [4.69, 9.17) is 19.5 Å². The van der Waals surface area contributed by atoms with Crippen molar-refractivity contribution in [2.24, 2.45) is 0 Å². The molecule has 0 radical (unpaired) electrons. The standard InChI is InChI=1S/C17H19NO3/c1-19-9-4-10-20-11-12-21-17-8-7-14(13-18)15-5-2-3-6-16(15)17/h2-3,5-8H,4,9-12H2,1H3. The van der Waals surface area contributed by atoms with E-state index in [1.54, 1.807) is 13.2 Å². The van der Waals surface area contributed by atoms with E-state index in [1.807, 2.05) is 30.3 Å². The first kappa shape index (κ1) is 15.3. The Labute approximate surface area is 124 Å². The fourth-order valence-electron chi connectivity index (χ4n) is 2.11. The molecule has 0 saturated heterocycles. The van der Waals surface area contributed by atoms with Crippen molar-refractivity contribution in [2.75, 3.05) is 33.5 Å². The Kier molecular flexibility index (Phi) is 6.01. The van der Waals surface area contributed by atoms with E-state index in [1.165, 1.54) is 0 Å². The summed E-state index contributed by atoms with van der Waals surface area (Å²) in [6.45, 7) is 2.41. The quantitative estimate of drug-likeness (QED) is 0.699. The molecule has 0 bridgehead atoms. The molecule has 0 saturated carbocycles. The summed E-state index contributed by atoms with van der Waals surface area (Å²) in [7, 11) is 1.68. The molecule has 0 aliphatic rings. The van der Waals surface area contributed by atoms with Gasteiger partial charge in [0, 0.05) is 31.1 Å². The van der Waals surface area contributed by atoms with Crippen LogP contribution in [0.1, 0.15) is 12.0 Å². The van der Waals surface area contributed by atoms with Gasteiger partial charge in [-0.2, -0.15) is 5.26 Å². The van der Waals surface area contributed by atoms with Gasteiger partial charge >= 0.3 is 0 Å². The summed E-state index contributed by atoms with van der Waals surface area (Å²) in [4.78, 5) is 0. The Morgan fingerprint density at radius 1 is 0.952 bits per heavy atom. The second kappa shape index (κ2) is 8.25. The van der Waals surface area contributed by atoms with E-state index in [0.29, 0.717) is 32.0 Å². The summed E-state index contributed by atoms with van der Waals surface area (Å²) >= 11 is 0. The largest absolute Gasteiger partial charge is 0.491 e. The number of methoxy groups -OCH3 is 1. The van der Waals surface area contributed by atoms with Crippen LogP contribution in [0.4, 0.5) is 0 Å². The number of hydrogen-bond donors (Lipinski definition) is 0. The SMILES string of the molecule is COCCCOCCOc1ccc(C#N)c2ccccc12. The van der Waals surface area contributed by atoms with Gasteiger partial charge < -0.3 is 14.2 Å². The fraction of sp³-hybridized carbons (Fsp3) is 0.353. The average molecular weight is 285 g/mol. The van der Waals surface area contributed by atoms with Gasteiger partial charge in [-0.1, -0.05) is 24.3 Å². The first-order valence-corrected chi connectivity index (χ1v) is 6.98. The number of hydrogen-bond acceptors (Lipinski definition) is 4. The smallest absolute Gasteiger partial charge is 0.127 e. The lowest BCUT2D eigenvalue weighted by atomic mass is 10.0. The minimum atomic E-state index is 0.489. The molecule has 2 aromatic rings. The zero-order valence-electron chi connectivity index (χ0n) is 12.2. The summed E-state index contributed by atoms with van der Waals surface area (Å²) < 4.78 is 16.2. The first-order chi connectivity index (χ1) is 10.4. The van der Waals surface area contributed by atoms with E-state index in [2.05, 4.69) is 6.07 Å². The van der Waals surface area contributed by atoms with Gasteiger partial charge in [0.05, 0.1) is 18.2 Å². The summed E-state index contributed by atoms with van der Waals surface area (Å²) in [6.07, 6.45) is 0.885. The zero-order valence-corrected chi connectivity index (χ0v) is 12.2. The van der Waals surface area contributed by atoms with Crippen molar-refractivity contribution in [1.29, 1.82) is 5.26 Å². The van der Waals surface area contributed by atoms with E-state index < -0.39 is 0 Å². The molecule has 110 valence electrons. The molecule has 21 heavy (non-hydrogen) atoms. The fourth-order valence-corrected chi connectivity index (χ4v) is 2.11. The van der Waals surface area contributed by atoms with Crippen LogP contribution in [0.5, 0.6) is 5.75 Å². The van der Waals surface area contributed by atoms with Crippen LogP contribution in [0.25, 0.3) is 10.8 Å². The normalized spacial score (nSPS) is 10.5. The summed E-state index contributed by atoms with van der Waals surface area (Å²) in [5.41, 5.74) is 0.661. The maximum absolute atomic E-state index is 9.12. The number of nitrogens with zero attached hydrogens (tertiary/aromatic N) is 1. The van der Waals surface area contributed by atoms with Gasteiger partial charge in [0.25, 0.3) is 0 Å². The Hall–Kier alpha value is -2.09. The molecule has 0 fully saturated rings. The van der Waals surface area contributed by atoms with Crippen molar-refractivity contribution in [3.05, 3.63) is 42.0 Å². The molecule has 4 heteroatoms. The van der Waals surface area contributed by atoms with E-state index in [0.717, 1.165) is 22.9 Å². The highest BCUT2D eigenvalue weighted by molar-refractivity contribution is 5.92. The molecule has 0 heterocycles. The van der Waals surface area contributed by atoms with Crippen LogP contribution in [0.2, 0.25) is 0 Å². The zero-order chi connectivity index (χ0) is 14.9. The molecular formula is C17H19NO3. The highest BCUT2D eigenvalue weighted by Crippen LogP contribution is 2.28. The van der Waals surface area contributed by atoms with E-state index in [-0.39, 0.29) is 0 Å². The van der Waals surface area contributed by atoms with Gasteiger partial charge in [-0.3, -0.25) is 0 Å². The highest BCUT2D eigenvalue weighted by Gasteiger charge is 2.06. The molecule has 2 aromatic carbocycles. The van der Waals surface area contributed by atoms with Crippen molar-refractivity contribution in [1.82, 2.24) is 0 Å². The minimum Gasteiger partial charge on any atom is -0.491 e. The average Bonchev–Trinajstić information content (AvgIpc) is 2.54. The maximum atomic E-state index is 9.12. The Morgan fingerprint density at radius 2 is 1.76 bits per heavy atom. The number of fused-ring (bicyclic) bond motifs is 1. The summed E-state index contributed by atoms with van der Waals surface area (Å²) in [6, 6.07) is 13.6. The van der Waals surface area contributed by atoms with Gasteiger partial charge in [-0.25, -0.2) is 0 Å². The number of nitriles is 1. The molecule has 0 atom stereocenters. The predicted octanol–water partition coefficient (Wildman–Crippen LogP) is 3.14. The van der Waals surface area contributed by atoms with Crippen molar-refractivity contribution in [2.45, 2.75) is 6.42 Å². The van der Waals surface area contributed by atoms with Crippen molar-refractivity contribution < 1.29 is 14.2 Å². The van der Waals surface area contributed by atoms with Crippen LogP contribution < -0.4 is 4.74 Å². The molecule has 2 rings (SSSR count). The lowest BCUT2D eigenvalue weighted by Crippen LogP contribution is -2.08. The number of benzene rings is 2. The Balaban J connectivity index is 1.92. The maximum Gasteiger partial charge on any atom is 0.127 e. The Morgan fingerprint density at radius 3 is 2.52 bits per heavy atom. The first-order valence-electron chi connectivity index (χ1n) is 6.98. The third-order valence-electron chi connectivity index (χ3n) is 3.13. The summed E-state index contributed by atoms with van der Waals surface area (Å²) in [5.74, 6) is 0.782. The third kappa shape index (κ3) is 4.19. The van der Waals surface area contributed by atoms with Crippen LogP contribution in [0.15, 0.2) is 36.4 Å². The molecule has 0 spiro atoms. The highest BCUT2D eigenvalue weighted by atomic mass is 16.5. The molecule has 0 amide bonds. The molecule has 4 nitrogen and oxygen atoms in total. The van der Waals surface area contributed by atoms with Gasteiger partial charge in [0.15, 0.2) is 0 Å². The predicted molar refractivity (Wildman–Crippen MR) is 81.5 cm³/mol. The topological polar surface area (TPSA) is 51.5 Å². The molecule has 0 aliphatic heterocycles.